The molecule has 3 aromatic rings. The predicted octanol–water partition coefficient (Wildman–Crippen LogP) is 3.65. The minimum Gasteiger partial charge on any atom is -0.406 e. The van der Waals surface area contributed by atoms with Crippen molar-refractivity contribution in [2.45, 2.75) is 27.4 Å². The van der Waals surface area contributed by atoms with Crippen molar-refractivity contribution in [1.29, 1.82) is 0 Å². The van der Waals surface area contributed by atoms with Crippen LogP contribution in [0.1, 0.15) is 32.6 Å². The van der Waals surface area contributed by atoms with E-state index < -0.39 is 11.5 Å². The second kappa shape index (κ2) is 7.91. The van der Waals surface area contributed by atoms with Gasteiger partial charge in [-0.3, -0.25) is 9.59 Å². The summed E-state index contributed by atoms with van der Waals surface area (Å²) in [4.78, 5) is 30.9. The molecular weight excluding hydrogens is 340 g/mol. The van der Waals surface area contributed by atoms with Gasteiger partial charge in [0.2, 0.25) is 0 Å². The number of benzene rings is 2. The Balaban J connectivity index is 1.80. The van der Waals surface area contributed by atoms with Crippen LogP contribution in [-0.4, -0.2) is 10.6 Å². The minimum absolute atomic E-state index is 0.0318. The van der Waals surface area contributed by atoms with Gasteiger partial charge in [0.15, 0.2) is 0 Å². The molecule has 3 rings (SSSR count). The van der Waals surface area contributed by atoms with Crippen molar-refractivity contribution in [3.8, 4) is 0 Å². The molecule has 0 aliphatic carbocycles. The first-order valence-corrected chi connectivity index (χ1v) is 8.74. The lowest BCUT2D eigenvalue weighted by Crippen LogP contribution is -2.32. The average molecular weight is 362 g/mol. The highest BCUT2D eigenvalue weighted by Gasteiger charge is 2.15. The van der Waals surface area contributed by atoms with Crippen LogP contribution < -0.4 is 15.7 Å². The Labute approximate surface area is 158 Å². The van der Waals surface area contributed by atoms with Crippen molar-refractivity contribution in [1.82, 2.24) is 4.73 Å². The first kappa shape index (κ1) is 18.5. The summed E-state index contributed by atoms with van der Waals surface area (Å²) in [7, 11) is 0. The molecule has 0 saturated heterocycles. The van der Waals surface area contributed by atoms with Crippen molar-refractivity contribution in [2.24, 2.45) is 0 Å². The number of para-hydroxylation sites is 1. The Kier molecular flexibility index (Phi) is 5.41. The largest absolute Gasteiger partial charge is 0.406 e. The fraction of sp³-hybridized carbons (Fsp3) is 0.182. The maximum Gasteiger partial charge on any atom is 0.295 e. The quantitative estimate of drug-likeness (QED) is 0.754. The van der Waals surface area contributed by atoms with Gasteiger partial charge in [0.1, 0.15) is 12.2 Å². The van der Waals surface area contributed by atoms with Gasteiger partial charge in [-0.2, -0.15) is 4.73 Å². The number of aryl methyl sites for hydroxylation is 3. The van der Waals surface area contributed by atoms with Gasteiger partial charge in [-0.05, 0) is 49.6 Å². The summed E-state index contributed by atoms with van der Waals surface area (Å²) in [5.74, 6) is -0.453. The molecule has 1 N–H and O–H groups in total. The van der Waals surface area contributed by atoms with Crippen LogP contribution in [0.5, 0.6) is 0 Å². The molecule has 5 nitrogen and oxygen atoms in total. The van der Waals surface area contributed by atoms with Crippen LogP contribution in [0.2, 0.25) is 0 Å². The highest BCUT2D eigenvalue weighted by atomic mass is 16.7. The molecule has 0 fully saturated rings. The van der Waals surface area contributed by atoms with E-state index in [4.69, 9.17) is 4.84 Å². The first-order valence-electron chi connectivity index (χ1n) is 8.74. The number of rotatable bonds is 5. The van der Waals surface area contributed by atoms with E-state index in [1.165, 1.54) is 12.3 Å². The summed E-state index contributed by atoms with van der Waals surface area (Å²) in [6, 6.07) is 16.7. The molecule has 1 amide bonds. The van der Waals surface area contributed by atoms with E-state index >= 15 is 0 Å². The van der Waals surface area contributed by atoms with Crippen LogP contribution >= 0.6 is 0 Å². The maximum atomic E-state index is 12.6. The number of amides is 1. The lowest BCUT2D eigenvalue weighted by molar-refractivity contribution is 0.0863. The van der Waals surface area contributed by atoms with Crippen LogP contribution in [-0.2, 0) is 6.61 Å². The highest BCUT2D eigenvalue weighted by Crippen LogP contribution is 2.19. The van der Waals surface area contributed by atoms with E-state index in [1.54, 1.807) is 6.07 Å². The number of anilines is 1. The molecule has 138 valence electrons. The van der Waals surface area contributed by atoms with Gasteiger partial charge < -0.3 is 10.2 Å². The van der Waals surface area contributed by atoms with E-state index in [0.29, 0.717) is 0 Å². The highest BCUT2D eigenvalue weighted by molar-refractivity contribution is 6.04. The SMILES string of the molecule is Cc1cccc(COn2cccc(C(=O)Nc3c(C)cccc3C)c2=O)c1. The molecule has 0 atom stereocenters. The molecule has 0 saturated carbocycles. The number of carbonyl (C=O) groups is 1. The third-order valence-electron chi connectivity index (χ3n) is 4.33. The number of carbonyl (C=O) groups excluding carboxylic acids is 1. The summed E-state index contributed by atoms with van der Waals surface area (Å²) in [6.07, 6.45) is 1.51. The standard InChI is InChI=1S/C22H22N2O3/c1-15-7-4-10-18(13-15)14-27-24-12-6-11-19(22(24)26)21(25)23-20-16(2)8-5-9-17(20)3/h4-13H,14H2,1-3H3,(H,23,25). The third-order valence-corrected chi connectivity index (χ3v) is 4.33. The maximum absolute atomic E-state index is 12.6. The van der Waals surface area contributed by atoms with E-state index in [9.17, 15) is 9.59 Å². The lowest BCUT2D eigenvalue weighted by atomic mass is 10.1. The van der Waals surface area contributed by atoms with Crippen molar-refractivity contribution < 1.29 is 9.63 Å². The zero-order valence-electron chi connectivity index (χ0n) is 15.7. The summed E-state index contributed by atoms with van der Waals surface area (Å²) in [6.45, 7) is 6.06. The Hall–Kier alpha value is -3.34. The van der Waals surface area contributed by atoms with Crippen LogP contribution in [0.25, 0.3) is 0 Å². The molecule has 0 radical (unpaired) electrons. The minimum atomic E-state index is -0.492. The molecule has 0 bridgehead atoms. The molecule has 0 spiro atoms. The molecule has 27 heavy (non-hydrogen) atoms. The Morgan fingerprint density at radius 1 is 1.00 bits per heavy atom. The lowest BCUT2D eigenvalue weighted by Gasteiger charge is -2.13. The van der Waals surface area contributed by atoms with Gasteiger partial charge in [0, 0.05) is 11.9 Å². The van der Waals surface area contributed by atoms with E-state index in [0.717, 1.165) is 32.7 Å². The van der Waals surface area contributed by atoms with Gasteiger partial charge >= 0.3 is 0 Å². The second-order valence-electron chi connectivity index (χ2n) is 6.54. The third kappa shape index (κ3) is 4.26. The second-order valence-corrected chi connectivity index (χ2v) is 6.54. The smallest absolute Gasteiger partial charge is 0.295 e. The van der Waals surface area contributed by atoms with E-state index in [2.05, 4.69) is 5.32 Å². The summed E-state index contributed by atoms with van der Waals surface area (Å²) >= 11 is 0. The zero-order valence-corrected chi connectivity index (χ0v) is 15.7. The van der Waals surface area contributed by atoms with Crippen molar-refractivity contribution >= 4 is 11.6 Å². The van der Waals surface area contributed by atoms with Gasteiger partial charge in [-0.25, -0.2) is 0 Å². The monoisotopic (exact) mass is 362 g/mol. The topological polar surface area (TPSA) is 60.3 Å². The Morgan fingerprint density at radius 3 is 2.41 bits per heavy atom. The van der Waals surface area contributed by atoms with Crippen LogP contribution in [0.4, 0.5) is 5.69 Å². The average Bonchev–Trinajstić information content (AvgIpc) is 2.64. The molecule has 1 heterocycles. The summed E-state index contributed by atoms with van der Waals surface area (Å²) < 4.78 is 1.10. The van der Waals surface area contributed by atoms with Crippen molar-refractivity contribution in [3.63, 3.8) is 0 Å². The van der Waals surface area contributed by atoms with E-state index in [1.807, 2.05) is 63.2 Å². The van der Waals surface area contributed by atoms with Crippen molar-refractivity contribution in [2.75, 3.05) is 5.32 Å². The molecule has 5 heteroatoms. The first-order chi connectivity index (χ1) is 13.0. The molecule has 2 aromatic carbocycles. The zero-order chi connectivity index (χ0) is 19.4. The van der Waals surface area contributed by atoms with Crippen LogP contribution in [0.3, 0.4) is 0 Å². The molecule has 0 unspecified atom stereocenters. The van der Waals surface area contributed by atoms with Crippen molar-refractivity contribution in [3.05, 3.63) is 99.0 Å². The summed E-state index contributed by atoms with van der Waals surface area (Å²) in [5.41, 5.74) is 4.21. The van der Waals surface area contributed by atoms with Gasteiger partial charge in [0.05, 0.1) is 0 Å². The number of hydrogen-bond acceptors (Lipinski definition) is 3. The van der Waals surface area contributed by atoms with Crippen LogP contribution in [0, 0.1) is 20.8 Å². The van der Waals surface area contributed by atoms with Crippen LogP contribution in [0.15, 0.2) is 65.6 Å². The van der Waals surface area contributed by atoms with Gasteiger partial charge in [0.25, 0.3) is 11.5 Å². The number of hydrogen-bond donors (Lipinski definition) is 1. The Morgan fingerprint density at radius 2 is 1.70 bits per heavy atom. The molecule has 0 aliphatic rings. The predicted molar refractivity (Wildman–Crippen MR) is 106 cm³/mol. The molecular formula is C22H22N2O3. The number of nitrogens with one attached hydrogen (secondary N) is 1. The Bertz CT molecular complexity index is 1020. The summed E-state index contributed by atoms with van der Waals surface area (Å²) in [5, 5.41) is 2.84. The molecule has 0 aliphatic heterocycles. The number of aromatic nitrogens is 1. The van der Waals surface area contributed by atoms with Gasteiger partial charge in [-0.1, -0.05) is 48.0 Å². The fourth-order valence-electron chi connectivity index (χ4n) is 2.89. The number of pyridine rings is 1. The fourth-order valence-corrected chi connectivity index (χ4v) is 2.89. The van der Waals surface area contributed by atoms with E-state index in [-0.39, 0.29) is 12.2 Å². The number of nitrogens with zero attached hydrogens (tertiary/aromatic N) is 1. The normalized spacial score (nSPS) is 10.5. The molecule has 1 aromatic heterocycles. The van der Waals surface area contributed by atoms with Gasteiger partial charge in [-0.15, -0.1) is 0 Å².